The van der Waals surface area contributed by atoms with E-state index < -0.39 is 0 Å². The van der Waals surface area contributed by atoms with Crippen LogP contribution >= 0.6 is 0 Å². The van der Waals surface area contributed by atoms with Gasteiger partial charge >= 0.3 is 0 Å². The average molecular weight is 208 g/mol. The van der Waals surface area contributed by atoms with Crippen molar-refractivity contribution >= 4 is 0 Å². The minimum atomic E-state index is 0.635. The minimum absolute atomic E-state index is 0.635. The third-order valence-electron chi connectivity index (χ3n) is 1.82. The van der Waals surface area contributed by atoms with E-state index in [2.05, 4.69) is 5.04 Å². The lowest BCUT2D eigenvalue weighted by atomic mass is 10.4. The molecule has 0 saturated carbocycles. The van der Waals surface area contributed by atoms with Crippen LogP contribution in [0.25, 0.3) is 0 Å². The van der Waals surface area contributed by atoms with Crippen LogP contribution in [0, 0.1) is 0 Å². The summed E-state index contributed by atoms with van der Waals surface area (Å²) in [5.41, 5.74) is 0. The zero-order valence-corrected chi connectivity index (χ0v) is 8.15. The van der Waals surface area contributed by atoms with Crippen LogP contribution in [0.3, 0.4) is 0 Å². The van der Waals surface area contributed by atoms with Crippen molar-refractivity contribution in [2.75, 3.05) is 13.1 Å². The van der Waals surface area contributed by atoms with E-state index in [9.17, 15) is 0 Å². The lowest BCUT2D eigenvalue weighted by Crippen LogP contribution is -2.24. The first-order valence-corrected chi connectivity index (χ1v) is 4.66. The van der Waals surface area contributed by atoms with E-state index in [0.717, 1.165) is 0 Å². The summed E-state index contributed by atoms with van der Waals surface area (Å²) in [7, 11) is 0. The molecule has 80 valence electrons. The van der Waals surface area contributed by atoms with Gasteiger partial charge < -0.3 is 0 Å². The second kappa shape index (κ2) is 5.35. The predicted octanol–water partition coefficient (Wildman–Crippen LogP) is 1.47. The molecule has 0 spiro atoms. The highest BCUT2D eigenvalue weighted by Crippen LogP contribution is 2.03. The monoisotopic (exact) mass is 208 g/mol. The zero-order chi connectivity index (χ0) is 10.3. The van der Waals surface area contributed by atoms with Gasteiger partial charge in [0, 0.05) is 12.4 Å². The predicted molar refractivity (Wildman–Crippen MR) is 53.2 cm³/mol. The molecule has 2 rings (SSSR count). The second-order valence-corrected chi connectivity index (χ2v) is 2.96. The van der Waals surface area contributed by atoms with Gasteiger partial charge in [-0.1, -0.05) is 34.3 Å². The van der Waals surface area contributed by atoms with Gasteiger partial charge in [0.1, 0.15) is 0 Å². The van der Waals surface area contributed by atoms with Crippen molar-refractivity contribution < 1.29 is 15.0 Å². The topological polar surface area (TPSA) is 34.2 Å². The molecule has 0 aromatic heterocycles. The van der Waals surface area contributed by atoms with Crippen molar-refractivity contribution in [2.45, 2.75) is 0 Å². The maximum Gasteiger partial charge on any atom is 0.0664 e. The van der Waals surface area contributed by atoms with Crippen LogP contribution in [0.15, 0.2) is 48.9 Å². The molecule has 0 aromatic rings. The second-order valence-electron chi connectivity index (χ2n) is 2.96. The molecule has 0 N–H and O–H groups in total. The maximum absolute atomic E-state index is 4.86. The Morgan fingerprint density at radius 1 is 0.733 bits per heavy atom. The van der Waals surface area contributed by atoms with Gasteiger partial charge in [-0.05, 0) is 17.2 Å². The van der Waals surface area contributed by atoms with Gasteiger partial charge in [0.15, 0.2) is 0 Å². The van der Waals surface area contributed by atoms with Crippen molar-refractivity contribution in [3.05, 3.63) is 48.9 Å². The molecule has 0 fully saturated rings. The molecule has 0 bridgehead atoms. The molecule has 0 amide bonds. The number of allylic oxidation sites excluding steroid dienone is 4. The molecule has 0 aliphatic carbocycles. The standard InChI is InChI=1S/C10H12N2O3/c1-3-7-11(8-4-1)13-15-14-12-9-5-2-6-10-12/h1-7,9H,8,10H2. The number of rotatable bonds is 4. The molecule has 2 heterocycles. The van der Waals surface area contributed by atoms with Crippen LogP contribution in [0.1, 0.15) is 0 Å². The number of hydrogen-bond donors (Lipinski definition) is 0. The Balaban J connectivity index is 1.62. The molecule has 15 heavy (non-hydrogen) atoms. The van der Waals surface area contributed by atoms with Gasteiger partial charge in [-0.25, -0.2) is 10.1 Å². The van der Waals surface area contributed by atoms with E-state index >= 15 is 0 Å². The molecule has 0 saturated heterocycles. The van der Waals surface area contributed by atoms with Crippen LogP contribution in [0.5, 0.6) is 0 Å². The highest BCUT2D eigenvalue weighted by atomic mass is 17.6. The third kappa shape index (κ3) is 3.25. The smallest absolute Gasteiger partial charge is 0.0664 e. The average Bonchev–Trinajstić information content (AvgIpc) is 2.32. The number of hydrogen-bond acceptors (Lipinski definition) is 5. The fraction of sp³-hybridized carbons (Fsp3) is 0.200. The summed E-state index contributed by atoms with van der Waals surface area (Å²) in [4.78, 5) is 9.72. The van der Waals surface area contributed by atoms with E-state index in [1.807, 2.05) is 36.5 Å². The Labute approximate surface area is 87.9 Å². The summed E-state index contributed by atoms with van der Waals surface area (Å²) in [6, 6.07) is 0. The van der Waals surface area contributed by atoms with Crippen molar-refractivity contribution in [1.29, 1.82) is 0 Å². The van der Waals surface area contributed by atoms with Crippen LogP contribution in [-0.4, -0.2) is 23.2 Å². The summed E-state index contributed by atoms with van der Waals surface area (Å²) >= 11 is 0. The molecular formula is C10H12N2O3. The largest absolute Gasteiger partial charge is 0.223 e. The van der Waals surface area contributed by atoms with Crippen LogP contribution in [0.2, 0.25) is 0 Å². The Morgan fingerprint density at radius 2 is 1.27 bits per heavy atom. The molecule has 2 aliphatic heterocycles. The minimum Gasteiger partial charge on any atom is -0.223 e. The van der Waals surface area contributed by atoms with Crippen molar-refractivity contribution in [2.24, 2.45) is 0 Å². The molecule has 2 aliphatic rings. The van der Waals surface area contributed by atoms with Gasteiger partial charge in [0.2, 0.25) is 0 Å². The highest BCUT2D eigenvalue weighted by Gasteiger charge is 2.04. The first kappa shape index (κ1) is 9.97. The third-order valence-corrected chi connectivity index (χ3v) is 1.82. The highest BCUT2D eigenvalue weighted by molar-refractivity contribution is 5.07. The SMILES string of the molecule is C1=CCN(OOON2C=CC=CC2)C=C1. The first-order valence-electron chi connectivity index (χ1n) is 4.66. The van der Waals surface area contributed by atoms with E-state index in [1.165, 1.54) is 10.1 Å². The molecule has 5 nitrogen and oxygen atoms in total. The quantitative estimate of drug-likeness (QED) is 0.516. The van der Waals surface area contributed by atoms with Crippen molar-refractivity contribution in [1.82, 2.24) is 10.1 Å². The molecule has 0 atom stereocenters. The van der Waals surface area contributed by atoms with E-state index in [1.54, 1.807) is 12.4 Å². The normalized spacial score (nSPS) is 18.9. The Morgan fingerprint density at radius 3 is 1.67 bits per heavy atom. The van der Waals surface area contributed by atoms with Crippen molar-refractivity contribution in [3.8, 4) is 0 Å². The Bertz CT molecular complexity index is 280. The summed E-state index contributed by atoms with van der Waals surface area (Å²) in [6.07, 6.45) is 14.9. The van der Waals surface area contributed by atoms with Gasteiger partial charge in [-0.3, -0.25) is 0 Å². The molecule has 0 radical (unpaired) electrons. The van der Waals surface area contributed by atoms with Crippen LogP contribution in [0.4, 0.5) is 0 Å². The van der Waals surface area contributed by atoms with Crippen LogP contribution in [-0.2, 0) is 15.0 Å². The number of hydroxylamine groups is 4. The molecular weight excluding hydrogens is 196 g/mol. The fourth-order valence-electron chi connectivity index (χ4n) is 1.10. The summed E-state index contributed by atoms with van der Waals surface area (Å²) in [5.74, 6) is 0. The number of nitrogens with zero attached hydrogens (tertiary/aromatic N) is 2. The van der Waals surface area contributed by atoms with E-state index in [0.29, 0.717) is 13.1 Å². The molecule has 0 aromatic carbocycles. The fourth-order valence-corrected chi connectivity index (χ4v) is 1.10. The van der Waals surface area contributed by atoms with E-state index in [4.69, 9.17) is 9.98 Å². The molecule has 5 heteroatoms. The van der Waals surface area contributed by atoms with Gasteiger partial charge in [0.25, 0.3) is 0 Å². The Hall–Kier alpha value is -1.56. The summed E-state index contributed by atoms with van der Waals surface area (Å²) in [6.45, 7) is 1.27. The van der Waals surface area contributed by atoms with E-state index in [-0.39, 0.29) is 0 Å². The van der Waals surface area contributed by atoms with Crippen LogP contribution < -0.4 is 0 Å². The maximum atomic E-state index is 4.86. The zero-order valence-electron chi connectivity index (χ0n) is 8.15. The Kier molecular flexibility index (Phi) is 3.56. The van der Waals surface area contributed by atoms with Gasteiger partial charge in [-0.15, -0.1) is 0 Å². The van der Waals surface area contributed by atoms with Crippen molar-refractivity contribution in [3.63, 3.8) is 0 Å². The summed E-state index contributed by atoms with van der Waals surface area (Å²) < 4.78 is 0. The molecule has 0 unspecified atom stereocenters. The lowest BCUT2D eigenvalue weighted by Gasteiger charge is -2.20. The lowest BCUT2D eigenvalue weighted by molar-refractivity contribution is -0.618. The van der Waals surface area contributed by atoms with Gasteiger partial charge in [-0.2, -0.15) is 0 Å². The van der Waals surface area contributed by atoms with Gasteiger partial charge in [0.05, 0.1) is 13.1 Å². The summed E-state index contributed by atoms with van der Waals surface area (Å²) in [5, 5.41) is 7.60. The first-order chi connectivity index (χ1) is 7.45.